The number of hydrogen-bond donors (Lipinski definition) is 1. The third kappa shape index (κ3) is 1.96. The molecule has 15 heavy (non-hydrogen) atoms. The van der Waals surface area contributed by atoms with Gasteiger partial charge in [0.25, 0.3) is 0 Å². The second-order valence-corrected chi connectivity index (χ2v) is 4.56. The van der Waals surface area contributed by atoms with Crippen LogP contribution in [0.4, 0.5) is 5.69 Å². The lowest BCUT2D eigenvalue weighted by atomic mass is 10.0. The van der Waals surface area contributed by atoms with Crippen molar-refractivity contribution >= 4 is 11.5 Å². The van der Waals surface area contributed by atoms with Crippen LogP contribution >= 0.6 is 0 Å². The molecule has 0 bridgehead atoms. The number of benzene rings is 1. The zero-order valence-electron chi connectivity index (χ0n) is 9.26. The Kier molecular flexibility index (Phi) is 2.18. The van der Waals surface area contributed by atoms with Crippen LogP contribution in [0, 0.1) is 0 Å². The summed E-state index contributed by atoms with van der Waals surface area (Å²) in [6, 6.07) is 5.48. The quantitative estimate of drug-likeness (QED) is 0.716. The summed E-state index contributed by atoms with van der Waals surface area (Å²) in [5.41, 5.74) is 1.53. The summed E-state index contributed by atoms with van der Waals surface area (Å²) < 4.78 is 5.60. The molecule has 3 heteroatoms. The van der Waals surface area contributed by atoms with Crippen molar-refractivity contribution in [2.75, 3.05) is 11.9 Å². The Morgan fingerprint density at radius 3 is 2.87 bits per heavy atom. The van der Waals surface area contributed by atoms with Crippen molar-refractivity contribution in [3.8, 4) is 5.75 Å². The Labute approximate surface area is 89.4 Å². The molecule has 0 amide bonds. The molecule has 0 unspecified atom stereocenters. The fourth-order valence-electron chi connectivity index (χ4n) is 1.63. The van der Waals surface area contributed by atoms with E-state index in [2.05, 4.69) is 19.2 Å². The van der Waals surface area contributed by atoms with Gasteiger partial charge in [-0.25, -0.2) is 0 Å². The van der Waals surface area contributed by atoms with Crippen molar-refractivity contribution in [2.24, 2.45) is 0 Å². The van der Waals surface area contributed by atoms with E-state index in [4.69, 9.17) is 4.74 Å². The van der Waals surface area contributed by atoms with Crippen molar-refractivity contribution in [1.82, 2.24) is 0 Å². The normalized spacial score (nSPS) is 17.3. The summed E-state index contributed by atoms with van der Waals surface area (Å²) in [5.74, 6) is 0.891. The topological polar surface area (TPSA) is 38.3 Å². The second kappa shape index (κ2) is 3.26. The van der Waals surface area contributed by atoms with E-state index in [1.807, 2.05) is 12.1 Å². The summed E-state index contributed by atoms with van der Waals surface area (Å²) in [7, 11) is 0. The number of carbonyl (C=O) groups is 1. The van der Waals surface area contributed by atoms with Crippen LogP contribution in [0.5, 0.6) is 5.75 Å². The molecular weight excluding hydrogens is 190 g/mol. The van der Waals surface area contributed by atoms with E-state index in [1.54, 1.807) is 13.0 Å². The maximum Gasteiger partial charge on any atom is 0.159 e. The van der Waals surface area contributed by atoms with E-state index in [1.165, 1.54) is 0 Å². The smallest absolute Gasteiger partial charge is 0.159 e. The summed E-state index contributed by atoms with van der Waals surface area (Å²) >= 11 is 0. The Morgan fingerprint density at radius 2 is 2.20 bits per heavy atom. The molecule has 2 rings (SSSR count). The van der Waals surface area contributed by atoms with Gasteiger partial charge in [0.2, 0.25) is 0 Å². The number of anilines is 1. The number of rotatable bonds is 1. The molecule has 0 spiro atoms. The van der Waals surface area contributed by atoms with Gasteiger partial charge < -0.3 is 10.1 Å². The molecule has 1 aromatic rings. The van der Waals surface area contributed by atoms with Crippen molar-refractivity contribution in [3.63, 3.8) is 0 Å². The summed E-state index contributed by atoms with van der Waals surface area (Å²) in [4.78, 5) is 11.2. The van der Waals surface area contributed by atoms with Crippen LogP contribution in [0.3, 0.4) is 0 Å². The highest BCUT2D eigenvalue weighted by molar-refractivity contribution is 5.95. The molecule has 1 N–H and O–H groups in total. The molecule has 0 aromatic heterocycles. The van der Waals surface area contributed by atoms with Crippen molar-refractivity contribution in [3.05, 3.63) is 23.8 Å². The highest BCUT2D eigenvalue weighted by Crippen LogP contribution is 2.33. The largest absolute Gasteiger partial charge is 0.489 e. The first kappa shape index (κ1) is 10.0. The van der Waals surface area contributed by atoms with Crippen molar-refractivity contribution in [2.45, 2.75) is 26.3 Å². The van der Waals surface area contributed by atoms with Gasteiger partial charge in [0.1, 0.15) is 12.4 Å². The first-order chi connectivity index (χ1) is 6.98. The van der Waals surface area contributed by atoms with E-state index in [0.717, 1.165) is 11.4 Å². The maximum atomic E-state index is 11.2. The lowest BCUT2D eigenvalue weighted by Crippen LogP contribution is -2.40. The Hall–Kier alpha value is -1.51. The number of nitrogens with one attached hydrogen (secondary N) is 1. The van der Waals surface area contributed by atoms with Gasteiger partial charge in [-0.1, -0.05) is 0 Å². The van der Waals surface area contributed by atoms with Gasteiger partial charge in [0.05, 0.1) is 11.2 Å². The van der Waals surface area contributed by atoms with Crippen LogP contribution in [-0.2, 0) is 0 Å². The predicted molar refractivity (Wildman–Crippen MR) is 59.6 cm³/mol. The van der Waals surface area contributed by atoms with E-state index in [0.29, 0.717) is 12.2 Å². The molecule has 1 aliphatic heterocycles. The predicted octanol–water partition coefficient (Wildman–Crippen LogP) is 2.47. The number of ether oxygens (including phenoxy) is 1. The SMILES string of the molecule is CC(=O)c1ccc2c(c1)NC(C)(C)CO2. The second-order valence-electron chi connectivity index (χ2n) is 4.56. The van der Waals surface area contributed by atoms with Crippen LogP contribution in [0.2, 0.25) is 0 Å². The van der Waals surface area contributed by atoms with Crippen molar-refractivity contribution in [1.29, 1.82) is 0 Å². The molecule has 0 saturated heterocycles. The standard InChI is InChI=1S/C12H15NO2/c1-8(14)9-4-5-11-10(6-9)13-12(2,3)7-15-11/h4-6,13H,7H2,1-3H3. The number of hydrogen-bond acceptors (Lipinski definition) is 3. The molecule has 0 radical (unpaired) electrons. The van der Waals surface area contributed by atoms with Gasteiger partial charge in [-0.15, -0.1) is 0 Å². The van der Waals surface area contributed by atoms with E-state index in [9.17, 15) is 4.79 Å². The molecule has 80 valence electrons. The minimum atomic E-state index is -0.0809. The first-order valence-corrected chi connectivity index (χ1v) is 5.04. The molecular formula is C12H15NO2. The molecule has 0 atom stereocenters. The molecule has 3 nitrogen and oxygen atoms in total. The zero-order chi connectivity index (χ0) is 11.1. The van der Waals surface area contributed by atoms with Crippen LogP contribution in [0.1, 0.15) is 31.1 Å². The van der Waals surface area contributed by atoms with Crippen LogP contribution in [-0.4, -0.2) is 17.9 Å². The maximum absolute atomic E-state index is 11.2. The van der Waals surface area contributed by atoms with Gasteiger partial charge in [0.15, 0.2) is 5.78 Å². The minimum absolute atomic E-state index is 0.0722. The highest BCUT2D eigenvalue weighted by atomic mass is 16.5. The summed E-state index contributed by atoms with van der Waals surface area (Å²) in [6.45, 7) is 6.34. The number of ketones is 1. The van der Waals surface area contributed by atoms with Crippen molar-refractivity contribution < 1.29 is 9.53 Å². The van der Waals surface area contributed by atoms with Gasteiger partial charge in [-0.2, -0.15) is 0 Å². The third-order valence-electron chi connectivity index (χ3n) is 2.45. The number of Topliss-reactive ketones (excluding diaryl/α,β-unsaturated/α-hetero) is 1. The highest BCUT2D eigenvalue weighted by Gasteiger charge is 2.25. The average Bonchev–Trinajstić information content (AvgIpc) is 2.15. The first-order valence-electron chi connectivity index (χ1n) is 5.04. The van der Waals surface area contributed by atoms with Crippen LogP contribution in [0.25, 0.3) is 0 Å². The van der Waals surface area contributed by atoms with Gasteiger partial charge in [0, 0.05) is 5.56 Å². The fraction of sp³-hybridized carbons (Fsp3) is 0.417. The minimum Gasteiger partial charge on any atom is -0.489 e. The lowest BCUT2D eigenvalue weighted by molar-refractivity contribution is 0.101. The molecule has 1 aliphatic rings. The Morgan fingerprint density at radius 1 is 1.47 bits per heavy atom. The van der Waals surface area contributed by atoms with Crippen LogP contribution in [0.15, 0.2) is 18.2 Å². The fourth-order valence-corrected chi connectivity index (χ4v) is 1.63. The molecule has 0 saturated carbocycles. The van der Waals surface area contributed by atoms with E-state index in [-0.39, 0.29) is 11.3 Å². The number of carbonyl (C=O) groups excluding carboxylic acids is 1. The van der Waals surface area contributed by atoms with Gasteiger partial charge in [-0.05, 0) is 39.0 Å². The number of fused-ring (bicyclic) bond motifs is 1. The van der Waals surface area contributed by atoms with E-state index < -0.39 is 0 Å². The molecule has 1 aromatic carbocycles. The third-order valence-corrected chi connectivity index (χ3v) is 2.45. The lowest BCUT2D eigenvalue weighted by Gasteiger charge is -2.33. The molecule has 1 heterocycles. The Bertz CT molecular complexity index is 410. The molecule has 0 aliphatic carbocycles. The summed E-state index contributed by atoms with van der Waals surface area (Å²) in [5, 5.41) is 3.35. The van der Waals surface area contributed by atoms with E-state index >= 15 is 0 Å². The molecule has 0 fully saturated rings. The average molecular weight is 205 g/mol. The summed E-state index contributed by atoms with van der Waals surface area (Å²) in [6.07, 6.45) is 0. The van der Waals surface area contributed by atoms with Gasteiger partial charge in [-0.3, -0.25) is 4.79 Å². The van der Waals surface area contributed by atoms with Crippen LogP contribution < -0.4 is 10.1 Å². The Balaban J connectivity index is 2.39. The van der Waals surface area contributed by atoms with Gasteiger partial charge >= 0.3 is 0 Å². The zero-order valence-corrected chi connectivity index (χ0v) is 9.26. The monoisotopic (exact) mass is 205 g/mol.